The molecule has 2 rings (SSSR count). The van der Waals surface area contributed by atoms with E-state index in [1.165, 1.54) is 25.7 Å². The van der Waals surface area contributed by atoms with Gasteiger partial charge in [0.25, 0.3) is 0 Å². The average Bonchev–Trinajstić information content (AvgIpc) is 2.84. The van der Waals surface area contributed by atoms with Crippen LogP contribution in [0.4, 0.5) is 5.69 Å². The van der Waals surface area contributed by atoms with Gasteiger partial charge in [-0.25, -0.2) is 0 Å². The monoisotopic (exact) mass is 209 g/mol. The van der Waals surface area contributed by atoms with Crippen molar-refractivity contribution in [3.63, 3.8) is 0 Å². The minimum Gasteiger partial charge on any atom is -0.396 e. The van der Waals surface area contributed by atoms with Gasteiger partial charge < -0.3 is 10.5 Å². The summed E-state index contributed by atoms with van der Waals surface area (Å²) in [5.74, 6) is 0.799. The van der Waals surface area contributed by atoms with Crippen molar-refractivity contribution >= 4 is 5.69 Å². The fourth-order valence-electron chi connectivity index (χ4n) is 2.09. The molecule has 0 aliphatic heterocycles. The summed E-state index contributed by atoms with van der Waals surface area (Å²) in [5, 5.41) is 4.10. The smallest absolute Gasteiger partial charge is 0.0719 e. The van der Waals surface area contributed by atoms with Crippen molar-refractivity contribution in [1.82, 2.24) is 9.78 Å². The molecule has 0 radical (unpaired) electrons. The highest BCUT2D eigenvalue weighted by Crippen LogP contribution is 2.24. The Labute approximate surface area is 90.4 Å². The molecular weight excluding hydrogens is 190 g/mol. The van der Waals surface area contributed by atoms with E-state index in [1.807, 2.05) is 10.9 Å². The summed E-state index contributed by atoms with van der Waals surface area (Å²) in [6, 6.07) is 0. The van der Waals surface area contributed by atoms with Crippen LogP contribution in [0.15, 0.2) is 12.4 Å². The third kappa shape index (κ3) is 3.23. The maximum absolute atomic E-state index is 5.63. The second-order valence-corrected chi connectivity index (χ2v) is 4.26. The molecule has 0 aromatic carbocycles. The van der Waals surface area contributed by atoms with E-state index in [4.69, 9.17) is 10.5 Å². The predicted molar refractivity (Wildman–Crippen MR) is 59.4 cm³/mol. The topological polar surface area (TPSA) is 53.1 Å². The number of ether oxygens (including phenoxy) is 1. The molecule has 1 aromatic rings. The maximum atomic E-state index is 5.63. The molecule has 0 unspecified atom stereocenters. The molecule has 4 heteroatoms. The molecule has 1 aromatic heterocycles. The Morgan fingerprint density at radius 2 is 2.27 bits per heavy atom. The first-order chi connectivity index (χ1) is 7.34. The second-order valence-electron chi connectivity index (χ2n) is 4.26. The largest absolute Gasteiger partial charge is 0.396 e. The van der Waals surface area contributed by atoms with Crippen LogP contribution in [0.2, 0.25) is 0 Å². The molecule has 0 bridgehead atoms. The van der Waals surface area contributed by atoms with E-state index < -0.39 is 0 Å². The number of aromatic nitrogens is 2. The van der Waals surface area contributed by atoms with Gasteiger partial charge >= 0.3 is 0 Å². The summed E-state index contributed by atoms with van der Waals surface area (Å²) in [4.78, 5) is 0. The number of nitrogen functional groups attached to an aromatic ring is 1. The van der Waals surface area contributed by atoms with Gasteiger partial charge in [-0.2, -0.15) is 5.10 Å². The lowest BCUT2D eigenvalue weighted by Crippen LogP contribution is -2.11. The number of rotatable bonds is 5. The number of hydrogen-bond acceptors (Lipinski definition) is 3. The minimum atomic E-state index is 0.714. The van der Waals surface area contributed by atoms with Crippen LogP contribution in [0, 0.1) is 5.92 Å². The summed E-state index contributed by atoms with van der Waals surface area (Å²) < 4.78 is 7.45. The molecule has 1 fully saturated rings. The van der Waals surface area contributed by atoms with E-state index in [9.17, 15) is 0 Å². The fraction of sp³-hybridized carbons (Fsp3) is 0.727. The summed E-state index contributed by atoms with van der Waals surface area (Å²) in [5.41, 5.74) is 6.27. The Morgan fingerprint density at radius 3 is 2.93 bits per heavy atom. The molecule has 1 aliphatic rings. The van der Waals surface area contributed by atoms with Crippen LogP contribution in [-0.4, -0.2) is 23.0 Å². The van der Waals surface area contributed by atoms with Gasteiger partial charge in [0.15, 0.2) is 0 Å². The molecule has 1 aliphatic carbocycles. The molecule has 0 spiro atoms. The van der Waals surface area contributed by atoms with Crippen LogP contribution in [0.25, 0.3) is 0 Å². The van der Waals surface area contributed by atoms with Crippen LogP contribution < -0.4 is 5.73 Å². The summed E-state index contributed by atoms with van der Waals surface area (Å²) in [6.07, 6.45) is 8.94. The third-order valence-corrected chi connectivity index (χ3v) is 2.95. The quantitative estimate of drug-likeness (QED) is 0.750. The van der Waals surface area contributed by atoms with Crippen LogP contribution in [0.5, 0.6) is 0 Å². The Balaban J connectivity index is 1.58. The summed E-state index contributed by atoms with van der Waals surface area (Å²) >= 11 is 0. The normalized spacial score (nSPS) is 17.3. The molecule has 15 heavy (non-hydrogen) atoms. The van der Waals surface area contributed by atoms with Crippen molar-refractivity contribution in [3.05, 3.63) is 12.4 Å². The second kappa shape index (κ2) is 5.16. The van der Waals surface area contributed by atoms with Gasteiger partial charge in [-0.15, -0.1) is 0 Å². The van der Waals surface area contributed by atoms with E-state index in [1.54, 1.807) is 6.20 Å². The van der Waals surface area contributed by atoms with Gasteiger partial charge in [-0.1, -0.05) is 12.8 Å². The van der Waals surface area contributed by atoms with Crippen molar-refractivity contribution in [2.24, 2.45) is 5.92 Å². The van der Waals surface area contributed by atoms with Gasteiger partial charge in [0.1, 0.15) is 0 Å². The molecule has 1 saturated carbocycles. The lowest BCUT2D eigenvalue weighted by Gasteiger charge is -2.09. The van der Waals surface area contributed by atoms with Crippen LogP contribution >= 0.6 is 0 Å². The maximum Gasteiger partial charge on any atom is 0.0719 e. The molecule has 0 amide bonds. The van der Waals surface area contributed by atoms with Crippen molar-refractivity contribution < 1.29 is 4.74 Å². The van der Waals surface area contributed by atoms with Crippen molar-refractivity contribution in [2.75, 3.05) is 18.9 Å². The molecule has 84 valence electrons. The minimum absolute atomic E-state index is 0.714. The zero-order valence-electron chi connectivity index (χ0n) is 9.06. The van der Waals surface area contributed by atoms with E-state index in [2.05, 4.69) is 5.10 Å². The molecule has 2 N–H and O–H groups in total. The van der Waals surface area contributed by atoms with Gasteiger partial charge in [0.05, 0.1) is 25.0 Å². The van der Waals surface area contributed by atoms with Gasteiger partial charge in [0, 0.05) is 12.8 Å². The molecule has 0 atom stereocenters. The van der Waals surface area contributed by atoms with Crippen molar-refractivity contribution in [1.29, 1.82) is 0 Å². The lowest BCUT2D eigenvalue weighted by molar-refractivity contribution is 0.0930. The summed E-state index contributed by atoms with van der Waals surface area (Å²) in [7, 11) is 0. The number of nitrogens with two attached hydrogens (primary N) is 1. The lowest BCUT2D eigenvalue weighted by atomic mass is 10.1. The van der Waals surface area contributed by atoms with E-state index in [0.717, 1.165) is 25.7 Å². The summed E-state index contributed by atoms with van der Waals surface area (Å²) in [6.45, 7) is 2.44. The standard InChI is InChI=1S/C11H19N3O/c12-11-7-13-14(8-11)5-6-15-9-10-3-1-2-4-10/h7-8,10H,1-6,9,12H2. The van der Waals surface area contributed by atoms with Crippen molar-refractivity contribution in [2.45, 2.75) is 32.2 Å². The first-order valence-electron chi connectivity index (χ1n) is 5.70. The molecular formula is C11H19N3O. The number of hydrogen-bond donors (Lipinski definition) is 1. The Kier molecular flexibility index (Phi) is 3.61. The fourth-order valence-corrected chi connectivity index (χ4v) is 2.09. The van der Waals surface area contributed by atoms with Crippen LogP contribution in [0.1, 0.15) is 25.7 Å². The zero-order chi connectivity index (χ0) is 10.5. The number of anilines is 1. The zero-order valence-corrected chi connectivity index (χ0v) is 9.06. The highest BCUT2D eigenvalue weighted by Gasteiger charge is 2.14. The highest BCUT2D eigenvalue weighted by molar-refractivity contribution is 5.30. The van der Waals surface area contributed by atoms with E-state index >= 15 is 0 Å². The molecule has 1 heterocycles. The van der Waals surface area contributed by atoms with E-state index in [0.29, 0.717) is 5.69 Å². The Morgan fingerprint density at radius 1 is 1.47 bits per heavy atom. The molecule has 0 saturated heterocycles. The predicted octanol–water partition coefficient (Wildman–Crippen LogP) is 1.67. The van der Waals surface area contributed by atoms with Crippen LogP contribution in [0.3, 0.4) is 0 Å². The molecule has 4 nitrogen and oxygen atoms in total. The highest BCUT2D eigenvalue weighted by atomic mass is 16.5. The first kappa shape index (κ1) is 10.5. The van der Waals surface area contributed by atoms with E-state index in [-0.39, 0.29) is 0 Å². The van der Waals surface area contributed by atoms with Crippen molar-refractivity contribution in [3.8, 4) is 0 Å². The van der Waals surface area contributed by atoms with Crippen LogP contribution in [-0.2, 0) is 11.3 Å². The first-order valence-corrected chi connectivity index (χ1v) is 5.70. The SMILES string of the molecule is Nc1cnn(CCOCC2CCCC2)c1. The Hall–Kier alpha value is -1.03. The Bertz CT molecular complexity index is 292. The van der Waals surface area contributed by atoms with Gasteiger partial charge in [-0.05, 0) is 18.8 Å². The average molecular weight is 209 g/mol. The number of nitrogens with zero attached hydrogens (tertiary/aromatic N) is 2. The van der Waals surface area contributed by atoms with Gasteiger partial charge in [0.2, 0.25) is 0 Å². The van der Waals surface area contributed by atoms with Gasteiger partial charge in [-0.3, -0.25) is 4.68 Å². The third-order valence-electron chi connectivity index (χ3n) is 2.95.